The van der Waals surface area contributed by atoms with Gasteiger partial charge in [0.2, 0.25) is 5.91 Å². The van der Waals surface area contributed by atoms with Gasteiger partial charge in [0.25, 0.3) is 5.91 Å². The largest absolute Gasteiger partial charge is 0.435 e. The number of halogens is 3. The Kier molecular flexibility index (Phi) is 6.21. The molecule has 0 saturated carbocycles. The zero-order valence-electron chi connectivity index (χ0n) is 14.6. The molecule has 0 spiro atoms. The first-order valence-corrected chi connectivity index (χ1v) is 7.98. The standard InChI is InChI=1S/C17H19F3N4O3/c1-21-16(27)13(12(9-25)10-6-4-3-5-7-10)22-15(26)11-8-24(2)23-14(11)17(18,19)20/h3-8,12-13,25H,9H2,1-2H3,(H,21,27)(H,22,26). The van der Waals surface area contributed by atoms with E-state index < -0.39 is 47.8 Å². The van der Waals surface area contributed by atoms with Crippen LogP contribution in [0.2, 0.25) is 0 Å². The fraction of sp³-hybridized carbons (Fsp3) is 0.353. The number of amides is 2. The number of aryl methyl sites for hydroxylation is 1. The fourth-order valence-electron chi connectivity index (χ4n) is 2.69. The van der Waals surface area contributed by atoms with Gasteiger partial charge in [-0.05, 0) is 5.56 Å². The summed E-state index contributed by atoms with van der Waals surface area (Å²) in [4.78, 5) is 24.7. The number of nitrogens with one attached hydrogen (secondary N) is 2. The lowest BCUT2D eigenvalue weighted by atomic mass is 9.91. The lowest BCUT2D eigenvalue weighted by molar-refractivity contribution is -0.141. The Morgan fingerprint density at radius 2 is 1.89 bits per heavy atom. The highest BCUT2D eigenvalue weighted by Gasteiger charge is 2.40. The van der Waals surface area contributed by atoms with Crippen LogP contribution in [-0.4, -0.2) is 46.4 Å². The smallest absolute Gasteiger partial charge is 0.396 e. The minimum Gasteiger partial charge on any atom is -0.396 e. The van der Waals surface area contributed by atoms with Crippen molar-refractivity contribution in [3.8, 4) is 0 Å². The van der Waals surface area contributed by atoms with Crippen molar-refractivity contribution in [2.24, 2.45) is 7.05 Å². The molecular weight excluding hydrogens is 365 g/mol. The molecule has 0 bridgehead atoms. The summed E-state index contributed by atoms with van der Waals surface area (Å²) in [5.41, 5.74) is -1.50. The number of hydrogen-bond donors (Lipinski definition) is 3. The van der Waals surface area contributed by atoms with Crippen LogP contribution in [0.5, 0.6) is 0 Å². The van der Waals surface area contributed by atoms with Gasteiger partial charge in [0.05, 0.1) is 12.2 Å². The molecule has 10 heteroatoms. The molecule has 2 amide bonds. The highest BCUT2D eigenvalue weighted by molar-refractivity contribution is 5.98. The van der Waals surface area contributed by atoms with Gasteiger partial charge in [0, 0.05) is 26.2 Å². The molecule has 1 aromatic carbocycles. The Labute approximate surface area is 153 Å². The number of benzene rings is 1. The molecule has 3 N–H and O–H groups in total. The maximum atomic E-state index is 13.1. The third kappa shape index (κ3) is 4.64. The number of aliphatic hydroxyl groups excluding tert-OH is 1. The molecule has 2 aromatic rings. The van der Waals surface area contributed by atoms with E-state index in [0.717, 1.165) is 10.9 Å². The van der Waals surface area contributed by atoms with E-state index in [2.05, 4.69) is 15.7 Å². The molecule has 1 heterocycles. The summed E-state index contributed by atoms with van der Waals surface area (Å²) in [6.07, 6.45) is -3.90. The molecule has 7 nitrogen and oxygen atoms in total. The monoisotopic (exact) mass is 384 g/mol. The molecule has 0 radical (unpaired) electrons. The van der Waals surface area contributed by atoms with E-state index >= 15 is 0 Å². The molecule has 146 valence electrons. The molecule has 27 heavy (non-hydrogen) atoms. The second-order valence-corrected chi connectivity index (χ2v) is 5.83. The third-order valence-corrected chi connectivity index (χ3v) is 3.98. The number of alkyl halides is 3. The molecule has 0 aliphatic carbocycles. The fourth-order valence-corrected chi connectivity index (χ4v) is 2.69. The SMILES string of the molecule is CNC(=O)C(NC(=O)c1cn(C)nc1C(F)(F)F)C(CO)c1ccccc1. The average molecular weight is 384 g/mol. The minimum absolute atomic E-state index is 0.498. The van der Waals surface area contributed by atoms with E-state index in [-0.39, 0.29) is 0 Å². The van der Waals surface area contributed by atoms with E-state index in [1.54, 1.807) is 30.3 Å². The Hall–Kier alpha value is -2.88. The highest BCUT2D eigenvalue weighted by atomic mass is 19.4. The van der Waals surface area contributed by atoms with Gasteiger partial charge in [0.15, 0.2) is 5.69 Å². The molecule has 0 aliphatic heterocycles. The van der Waals surface area contributed by atoms with Gasteiger partial charge in [-0.15, -0.1) is 0 Å². The van der Waals surface area contributed by atoms with Crippen molar-refractivity contribution in [2.45, 2.75) is 18.1 Å². The summed E-state index contributed by atoms with van der Waals surface area (Å²) in [5, 5.41) is 17.7. The predicted octanol–water partition coefficient (Wildman–Crippen LogP) is 1.06. The molecule has 0 fully saturated rings. The van der Waals surface area contributed by atoms with Crippen LogP contribution < -0.4 is 10.6 Å². The number of likely N-dealkylation sites (N-methyl/N-ethyl adjacent to an activating group) is 1. The van der Waals surface area contributed by atoms with Crippen molar-refractivity contribution in [2.75, 3.05) is 13.7 Å². The number of aromatic nitrogens is 2. The molecule has 0 aliphatic rings. The number of rotatable bonds is 6. The van der Waals surface area contributed by atoms with E-state index in [9.17, 15) is 27.9 Å². The van der Waals surface area contributed by atoms with Crippen molar-refractivity contribution >= 4 is 11.8 Å². The normalized spacial score (nSPS) is 13.7. The summed E-state index contributed by atoms with van der Waals surface area (Å²) >= 11 is 0. The Morgan fingerprint density at radius 1 is 1.26 bits per heavy atom. The van der Waals surface area contributed by atoms with Crippen molar-refractivity contribution in [3.63, 3.8) is 0 Å². The second-order valence-electron chi connectivity index (χ2n) is 5.83. The lowest BCUT2D eigenvalue weighted by Gasteiger charge is -2.25. The molecule has 2 unspecified atom stereocenters. The van der Waals surface area contributed by atoms with E-state index in [0.29, 0.717) is 5.56 Å². The van der Waals surface area contributed by atoms with Crippen LogP contribution in [-0.2, 0) is 18.0 Å². The van der Waals surface area contributed by atoms with Crippen molar-refractivity contribution in [1.29, 1.82) is 0 Å². The first-order valence-electron chi connectivity index (χ1n) is 7.98. The Balaban J connectivity index is 2.37. The van der Waals surface area contributed by atoms with E-state index in [4.69, 9.17) is 0 Å². The van der Waals surface area contributed by atoms with Crippen LogP contribution in [0.4, 0.5) is 13.2 Å². The van der Waals surface area contributed by atoms with Crippen molar-refractivity contribution < 1.29 is 27.9 Å². The van der Waals surface area contributed by atoms with E-state index in [1.165, 1.54) is 14.1 Å². The molecule has 0 saturated heterocycles. The van der Waals surface area contributed by atoms with Crippen LogP contribution in [0.25, 0.3) is 0 Å². The van der Waals surface area contributed by atoms with Crippen molar-refractivity contribution in [3.05, 3.63) is 53.3 Å². The Morgan fingerprint density at radius 3 is 2.41 bits per heavy atom. The molecular formula is C17H19F3N4O3. The third-order valence-electron chi connectivity index (χ3n) is 3.98. The Bertz CT molecular complexity index is 806. The van der Waals surface area contributed by atoms with Gasteiger partial charge >= 0.3 is 6.18 Å². The van der Waals surface area contributed by atoms with Crippen LogP contribution in [0.3, 0.4) is 0 Å². The lowest BCUT2D eigenvalue weighted by Crippen LogP contribution is -2.50. The van der Waals surface area contributed by atoms with Crippen LogP contribution in [0.15, 0.2) is 36.5 Å². The summed E-state index contributed by atoms with van der Waals surface area (Å²) < 4.78 is 40.2. The predicted molar refractivity (Wildman–Crippen MR) is 89.8 cm³/mol. The number of nitrogens with zero attached hydrogens (tertiary/aromatic N) is 2. The maximum absolute atomic E-state index is 13.1. The number of aliphatic hydroxyl groups is 1. The number of carbonyl (C=O) groups is 2. The zero-order valence-corrected chi connectivity index (χ0v) is 14.6. The summed E-state index contributed by atoms with van der Waals surface area (Å²) in [6, 6.07) is 7.11. The first kappa shape index (κ1) is 20.4. The zero-order chi connectivity index (χ0) is 20.2. The molecule has 2 rings (SSSR count). The van der Waals surface area contributed by atoms with Crippen molar-refractivity contribution in [1.82, 2.24) is 20.4 Å². The van der Waals surface area contributed by atoms with Gasteiger partial charge in [-0.25, -0.2) is 0 Å². The summed E-state index contributed by atoms with van der Waals surface area (Å²) in [7, 11) is 2.58. The second kappa shape index (κ2) is 8.21. The summed E-state index contributed by atoms with van der Waals surface area (Å²) in [6.45, 7) is -0.498. The molecule has 1 aromatic heterocycles. The van der Waals surface area contributed by atoms with Gasteiger partial charge in [0.1, 0.15) is 6.04 Å². The van der Waals surface area contributed by atoms with Crippen LogP contribution in [0, 0.1) is 0 Å². The van der Waals surface area contributed by atoms with Gasteiger partial charge in [-0.1, -0.05) is 30.3 Å². The van der Waals surface area contributed by atoms with Gasteiger partial charge < -0.3 is 15.7 Å². The maximum Gasteiger partial charge on any atom is 0.435 e. The minimum atomic E-state index is -4.83. The first-order chi connectivity index (χ1) is 12.7. The summed E-state index contributed by atoms with van der Waals surface area (Å²) in [5.74, 6) is -2.61. The quantitative estimate of drug-likeness (QED) is 0.694. The average Bonchev–Trinajstić information content (AvgIpc) is 3.04. The van der Waals surface area contributed by atoms with Gasteiger partial charge in [-0.3, -0.25) is 14.3 Å². The van der Waals surface area contributed by atoms with E-state index in [1.807, 2.05) is 0 Å². The van der Waals surface area contributed by atoms with Crippen LogP contribution >= 0.6 is 0 Å². The highest BCUT2D eigenvalue weighted by Crippen LogP contribution is 2.30. The van der Waals surface area contributed by atoms with Gasteiger partial charge in [-0.2, -0.15) is 18.3 Å². The topological polar surface area (TPSA) is 96.3 Å². The number of hydrogen-bond acceptors (Lipinski definition) is 4. The molecule has 2 atom stereocenters. The number of carbonyl (C=O) groups excluding carboxylic acids is 2. The van der Waals surface area contributed by atoms with Crippen LogP contribution in [0.1, 0.15) is 27.5 Å².